The van der Waals surface area contributed by atoms with Crippen LogP contribution in [-0.2, 0) is 10.0 Å². The number of methoxy groups -OCH3 is 1. The molecule has 0 aliphatic heterocycles. The molecule has 182 valence electrons. The van der Waals surface area contributed by atoms with Gasteiger partial charge < -0.3 is 10.5 Å². The van der Waals surface area contributed by atoms with Crippen LogP contribution in [0.3, 0.4) is 0 Å². The molecule has 3 aromatic heterocycles. The molecule has 36 heavy (non-hydrogen) atoms. The van der Waals surface area contributed by atoms with Crippen LogP contribution in [0, 0.1) is 23.5 Å². The standard InChI is InChI=1S/C23H15ClF2N6O3S/c1-35-22-19(10-15(24)12-29-22)36(33,34)32-18-5-4-17(25)16(20(18)26)3-2-14-11-30-23(27)31-21(14)13-6-8-28-9-7-13/h4-12,32H,1H3,(H2,27,30,31). The number of nitrogen functional groups attached to an aromatic ring is 1. The van der Waals surface area contributed by atoms with E-state index in [1.54, 1.807) is 12.1 Å². The van der Waals surface area contributed by atoms with E-state index in [1.807, 2.05) is 0 Å². The third kappa shape index (κ3) is 5.17. The van der Waals surface area contributed by atoms with E-state index in [0.717, 1.165) is 18.2 Å². The fraction of sp³-hybridized carbons (Fsp3) is 0.0435. The highest BCUT2D eigenvalue weighted by molar-refractivity contribution is 7.92. The molecule has 0 spiro atoms. The number of nitrogens with one attached hydrogen (secondary N) is 1. The zero-order valence-electron chi connectivity index (χ0n) is 18.3. The molecule has 9 nitrogen and oxygen atoms in total. The van der Waals surface area contributed by atoms with E-state index in [9.17, 15) is 12.8 Å². The minimum atomic E-state index is -4.42. The molecule has 0 fully saturated rings. The molecule has 0 saturated heterocycles. The molecule has 0 atom stereocenters. The van der Waals surface area contributed by atoms with Gasteiger partial charge in [0, 0.05) is 30.4 Å². The molecule has 0 saturated carbocycles. The number of nitrogens with two attached hydrogens (primary N) is 1. The van der Waals surface area contributed by atoms with Crippen LogP contribution in [0.2, 0.25) is 5.02 Å². The number of halogens is 3. The third-order valence-electron chi connectivity index (χ3n) is 4.69. The SMILES string of the molecule is COc1ncc(Cl)cc1S(=O)(=O)Nc1ccc(F)c(C#Cc2cnc(N)nc2-c2ccncc2)c1F. The number of benzene rings is 1. The number of nitrogens with zero attached hydrogens (tertiary/aromatic N) is 4. The van der Waals surface area contributed by atoms with Crippen molar-refractivity contribution in [1.29, 1.82) is 0 Å². The van der Waals surface area contributed by atoms with Crippen LogP contribution in [0.4, 0.5) is 20.4 Å². The zero-order valence-corrected chi connectivity index (χ0v) is 19.9. The summed E-state index contributed by atoms with van der Waals surface area (Å²) in [7, 11) is -3.21. The molecule has 1 aromatic carbocycles. The van der Waals surface area contributed by atoms with Gasteiger partial charge in [0.1, 0.15) is 5.82 Å². The average Bonchev–Trinajstić information content (AvgIpc) is 2.87. The molecule has 0 unspecified atom stereocenters. The van der Waals surface area contributed by atoms with Crippen molar-refractivity contribution in [3.05, 3.63) is 82.9 Å². The second kappa shape index (κ2) is 10.1. The van der Waals surface area contributed by atoms with Crippen molar-refractivity contribution < 1.29 is 21.9 Å². The van der Waals surface area contributed by atoms with Crippen molar-refractivity contribution in [2.45, 2.75) is 4.90 Å². The van der Waals surface area contributed by atoms with Gasteiger partial charge >= 0.3 is 0 Å². The molecule has 4 aromatic rings. The average molecular weight is 529 g/mol. The summed E-state index contributed by atoms with van der Waals surface area (Å²) in [5.74, 6) is 2.50. The quantitative estimate of drug-likeness (QED) is 0.375. The maximum Gasteiger partial charge on any atom is 0.267 e. The second-order valence-corrected chi connectivity index (χ2v) is 9.11. The zero-order chi connectivity index (χ0) is 25.9. The van der Waals surface area contributed by atoms with E-state index < -0.39 is 37.8 Å². The van der Waals surface area contributed by atoms with Gasteiger partial charge in [-0.15, -0.1) is 0 Å². The molecule has 4 rings (SSSR count). The summed E-state index contributed by atoms with van der Waals surface area (Å²) in [6, 6.07) is 6.19. The van der Waals surface area contributed by atoms with Crippen molar-refractivity contribution in [1.82, 2.24) is 19.9 Å². The summed E-state index contributed by atoms with van der Waals surface area (Å²) in [5, 5.41) is 0.0121. The van der Waals surface area contributed by atoms with Gasteiger partial charge in [-0.1, -0.05) is 23.4 Å². The Labute approximate surface area is 209 Å². The highest BCUT2D eigenvalue weighted by Gasteiger charge is 2.24. The van der Waals surface area contributed by atoms with E-state index in [1.165, 1.54) is 31.9 Å². The summed E-state index contributed by atoms with van der Waals surface area (Å²) < 4.78 is 62.5. The van der Waals surface area contributed by atoms with Crippen LogP contribution in [-0.4, -0.2) is 35.5 Å². The molecule has 0 aliphatic carbocycles. The fourth-order valence-electron chi connectivity index (χ4n) is 3.05. The Hall–Kier alpha value is -4.34. The van der Waals surface area contributed by atoms with Gasteiger partial charge in [-0.3, -0.25) is 9.71 Å². The molecule has 13 heteroatoms. The predicted molar refractivity (Wildman–Crippen MR) is 129 cm³/mol. The molecule has 3 heterocycles. The van der Waals surface area contributed by atoms with Crippen LogP contribution in [0.25, 0.3) is 11.3 Å². The van der Waals surface area contributed by atoms with E-state index in [2.05, 4.69) is 36.5 Å². The topological polar surface area (TPSA) is 133 Å². The van der Waals surface area contributed by atoms with Gasteiger partial charge in [-0.25, -0.2) is 32.2 Å². The Bertz CT molecular complexity index is 1630. The molecule has 0 radical (unpaired) electrons. The monoisotopic (exact) mass is 528 g/mol. The van der Waals surface area contributed by atoms with Gasteiger partial charge in [0.25, 0.3) is 10.0 Å². The van der Waals surface area contributed by atoms with Crippen molar-refractivity contribution in [2.75, 3.05) is 17.6 Å². The maximum atomic E-state index is 15.2. The number of hydrogen-bond donors (Lipinski definition) is 2. The summed E-state index contributed by atoms with van der Waals surface area (Å²) >= 11 is 5.85. The summed E-state index contributed by atoms with van der Waals surface area (Å²) in [4.78, 5) is 15.3. The first-order chi connectivity index (χ1) is 17.2. The first-order valence-electron chi connectivity index (χ1n) is 9.95. The molecular weight excluding hydrogens is 514 g/mol. The minimum absolute atomic E-state index is 0.0121. The highest BCUT2D eigenvalue weighted by atomic mass is 35.5. The van der Waals surface area contributed by atoms with Crippen molar-refractivity contribution in [2.24, 2.45) is 0 Å². The normalized spacial score (nSPS) is 10.9. The fourth-order valence-corrected chi connectivity index (χ4v) is 4.47. The lowest BCUT2D eigenvalue weighted by Gasteiger charge is -2.12. The molecule has 0 aliphatic rings. The van der Waals surface area contributed by atoms with Crippen LogP contribution in [0.15, 0.2) is 60.0 Å². The number of hydrogen-bond acceptors (Lipinski definition) is 8. The molecular formula is C23H15ClF2N6O3S. The number of anilines is 2. The number of ether oxygens (including phenoxy) is 1. The van der Waals surface area contributed by atoms with E-state index in [0.29, 0.717) is 11.3 Å². The lowest BCUT2D eigenvalue weighted by molar-refractivity contribution is 0.385. The van der Waals surface area contributed by atoms with Gasteiger partial charge in [0.2, 0.25) is 11.8 Å². The number of sulfonamides is 1. The van der Waals surface area contributed by atoms with Gasteiger partial charge in [0.15, 0.2) is 10.7 Å². The summed E-state index contributed by atoms with van der Waals surface area (Å²) in [5.41, 5.74) is 5.62. The van der Waals surface area contributed by atoms with Crippen LogP contribution < -0.4 is 15.2 Å². The maximum absolute atomic E-state index is 15.2. The van der Waals surface area contributed by atoms with E-state index in [4.69, 9.17) is 22.1 Å². The minimum Gasteiger partial charge on any atom is -0.480 e. The van der Waals surface area contributed by atoms with Crippen LogP contribution in [0.5, 0.6) is 5.88 Å². The lowest BCUT2D eigenvalue weighted by atomic mass is 10.1. The van der Waals surface area contributed by atoms with Crippen LogP contribution >= 0.6 is 11.6 Å². The first kappa shape index (κ1) is 24.8. The number of aromatic nitrogens is 4. The largest absolute Gasteiger partial charge is 0.480 e. The Balaban J connectivity index is 1.75. The van der Waals surface area contributed by atoms with E-state index in [-0.39, 0.29) is 22.4 Å². The first-order valence-corrected chi connectivity index (χ1v) is 11.8. The summed E-state index contributed by atoms with van der Waals surface area (Å²) in [6.45, 7) is 0. The molecule has 0 amide bonds. The Morgan fingerprint density at radius 3 is 2.56 bits per heavy atom. The lowest BCUT2D eigenvalue weighted by Crippen LogP contribution is -2.16. The van der Waals surface area contributed by atoms with E-state index >= 15 is 4.39 Å². The Morgan fingerprint density at radius 2 is 1.83 bits per heavy atom. The van der Waals surface area contributed by atoms with Crippen molar-refractivity contribution in [3.8, 4) is 29.0 Å². The highest BCUT2D eigenvalue weighted by Crippen LogP contribution is 2.29. The Kier molecular flexibility index (Phi) is 6.96. The van der Waals surface area contributed by atoms with Crippen molar-refractivity contribution in [3.63, 3.8) is 0 Å². The van der Waals surface area contributed by atoms with Gasteiger partial charge in [-0.2, -0.15) is 0 Å². The Morgan fingerprint density at radius 1 is 1.08 bits per heavy atom. The second-order valence-electron chi connectivity index (χ2n) is 7.03. The van der Waals surface area contributed by atoms with Crippen molar-refractivity contribution >= 4 is 33.3 Å². The van der Waals surface area contributed by atoms with Gasteiger partial charge in [0.05, 0.1) is 34.6 Å². The molecule has 3 N–H and O–H groups in total. The number of rotatable bonds is 5. The number of pyridine rings is 2. The van der Waals surface area contributed by atoms with Crippen LogP contribution in [0.1, 0.15) is 11.1 Å². The predicted octanol–water partition coefficient (Wildman–Crippen LogP) is 3.66. The third-order valence-corrected chi connectivity index (χ3v) is 6.25. The molecule has 0 bridgehead atoms. The smallest absolute Gasteiger partial charge is 0.267 e. The summed E-state index contributed by atoms with van der Waals surface area (Å²) in [6.07, 6.45) is 5.56. The van der Waals surface area contributed by atoms with Gasteiger partial charge in [-0.05, 0) is 30.3 Å².